The molecule has 0 aliphatic rings. The lowest BCUT2D eigenvalue weighted by Gasteiger charge is -2.10. The highest BCUT2D eigenvalue weighted by Gasteiger charge is 2.10. The van der Waals surface area contributed by atoms with Gasteiger partial charge in [0.2, 0.25) is 0 Å². The number of benzene rings is 1. The first-order valence-corrected chi connectivity index (χ1v) is 4.87. The first kappa shape index (κ1) is 11.3. The summed E-state index contributed by atoms with van der Waals surface area (Å²) in [4.78, 5) is 10.9. The van der Waals surface area contributed by atoms with Gasteiger partial charge in [0.05, 0.1) is 5.56 Å². The highest BCUT2D eigenvalue weighted by Crippen LogP contribution is 2.26. The second-order valence-corrected chi connectivity index (χ2v) is 3.39. The maximum absolute atomic E-state index is 10.9. The van der Waals surface area contributed by atoms with Crippen LogP contribution in [0.1, 0.15) is 30.5 Å². The summed E-state index contributed by atoms with van der Waals surface area (Å²) >= 11 is 0. The SMILES string of the molecule is C#Cc1cc(C)cc(CC)c1OC(C)=O. The van der Waals surface area contributed by atoms with Crippen LogP contribution in [0.15, 0.2) is 12.1 Å². The van der Waals surface area contributed by atoms with Crippen LogP contribution in [-0.4, -0.2) is 5.97 Å². The van der Waals surface area contributed by atoms with Crippen molar-refractivity contribution in [2.75, 3.05) is 0 Å². The second kappa shape index (κ2) is 4.65. The Morgan fingerprint density at radius 2 is 2.20 bits per heavy atom. The molecule has 78 valence electrons. The molecule has 2 nitrogen and oxygen atoms in total. The zero-order chi connectivity index (χ0) is 11.4. The fourth-order valence-corrected chi connectivity index (χ4v) is 1.48. The number of terminal acetylenes is 1. The first-order chi connectivity index (χ1) is 7.08. The molecular formula is C13H14O2. The van der Waals surface area contributed by atoms with E-state index in [0.29, 0.717) is 11.3 Å². The molecule has 0 spiro atoms. The molecule has 0 aromatic heterocycles. The van der Waals surface area contributed by atoms with Gasteiger partial charge in [0, 0.05) is 6.92 Å². The van der Waals surface area contributed by atoms with Gasteiger partial charge in [0.15, 0.2) is 0 Å². The van der Waals surface area contributed by atoms with E-state index in [2.05, 4.69) is 5.92 Å². The number of carbonyl (C=O) groups is 1. The summed E-state index contributed by atoms with van der Waals surface area (Å²) < 4.78 is 5.13. The van der Waals surface area contributed by atoms with Crippen LogP contribution in [0.2, 0.25) is 0 Å². The molecule has 0 unspecified atom stereocenters. The lowest BCUT2D eigenvalue weighted by Crippen LogP contribution is -2.06. The van der Waals surface area contributed by atoms with Gasteiger partial charge >= 0.3 is 5.97 Å². The monoisotopic (exact) mass is 202 g/mol. The predicted molar refractivity (Wildman–Crippen MR) is 59.8 cm³/mol. The fraction of sp³-hybridized carbons (Fsp3) is 0.308. The van der Waals surface area contributed by atoms with Crippen LogP contribution in [-0.2, 0) is 11.2 Å². The summed E-state index contributed by atoms with van der Waals surface area (Å²) in [6, 6.07) is 3.83. The fourth-order valence-electron chi connectivity index (χ4n) is 1.48. The Hall–Kier alpha value is -1.75. The van der Waals surface area contributed by atoms with Gasteiger partial charge in [-0.25, -0.2) is 0 Å². The number of esters is 1. The molecule has 0 saturated carbocycles. The van der Waals surface area contributed by atoms with Crippen molar-refractivity contribution in [1.29, 1.82) is 0 Å². The van der Waals surface area contributed by atoms with Crippen molar-refractivity contribution in [3.63, 3.8) is 0 Å². The molecule has 0 bridgehead atoms. The van der Waals surface area contributed by atoms with E-state index in [-0.39, 0.29) is 5.97 Å². The normalized spacial score (nSPS) is 9.47. The van der Waals surface area contributed by atoms with Gasteiger partial charge in [-0.3, -0.25) is 4.79 Å². The van der Waals surface area contributed by atoms with Gasteiger partial charge in [-0.1, -0.05) is 18.9 Å². The van der Waals surface area contributed by atoms with E-state index in [1.54, 1.807) is 0 Å². The number of rotatable bonds is 2. The molecule has 0 N–H and O–H groups in total. The summed E-state index contributed by atoms with van der Waals surface area (Å²) in [7, 11) is 0. The molecule has 1 rings (SSSR count). The third-order valence-electron chi connectivity index (χ3n) is 2.09. The van der Waals surface area contributed by atoms with Crippen molar-refractivity contribution < 1.29 is 9.53 Å². The van der Waals surface area contributed by atoms with Crippen molar-refractivity contribution in [1.82, 2.24) is 0 Å². The van der Waals surface area contributed by atoms with Crippen molar-refractivity contribution >= 4 is 5.97 Å². The Balaban J connectivity index is 3.31. The van der Waals surface area contributed by atoms with E-state index in [1.807, 2.05) is 26.0 Å². The van der Waals surface area contributed by atoms with E-state index in [4.69, 9.17) is 11.2 Å². The lowest BCUT2D eigenvalue weighted by atomic mass is 10.0. The number of hydrogen-bond donors (Lipinski definition) is 0. The third-order valence-corrected chi connectivity index (χ3v) is 2.09. The van der Waals surface area contributed by atoms with Gasteiger partial charge in [0.1, 0.15) is 5.75 Å². The molecule has 0 saturated heterocycles. The van der Waals surface area contributed by atoms with E-state index in [9.17, 15) is 4.79 Å². The average Bonchev–Trinajstić information content (AvgIpc) is 2.19. The van der Waals surface area contributed by atoms with Gasteiger partial charge in [-0.2, -0.15) is 0 Å². The smallest absolute Gasteiger partial charge is 0.308 e. The number of aryl methyl sites for hydroxylation is 2. The van der Waals surface area contributed by atoms with E-state index in [0.717, 1.165) is 17.5 Å². The molecule has 0 amide bonds. The molecular weight excluding hydrogens is 188 g/mol. The summed E-state index contributed by atoms with van der Waals surface area (Å²) in [5.74, 6) is 2.72. The molecule has 0 aliphatic heterocycles. The van der Waals surface area contributed by atoms with Gasteiger partial charge in [0.25, 0.3) is 0 Å². The Labute approximate surface area is 90.3 Å². The minimum Gasteiger partial charge on any atom is -0.425 e. The zero-order valence-electron chi connectivity index (χ0n) is 9.26. The van der Waals surface area contributed by atoms with Crippen molar-refractivity contribution in [3.05, 3.63) is 28.8 Å². The Morgan fingerprint density at radius 1 is 1.53 bits per heavy atom. The molecule has 1 aromatic carbocycles. The van der Waals surface area contributed by atoms with Crippen LogP contribution in [0.25, 0.3) is 0 Å². The summed E-state index contributed by atoms with van der Waals surface area (Å²) in [5.41, 5.74) is 2.69. The Morgan fingerprint density at radius 3 is 2.67 bits per heavy atom. The van der Waals surface area contributed by atoms with Crippen molar-refractivity contribution in [2.45, 2.75) is 27.2 Å². The van der Waals surface area contributed by atoms with Crippen LogP contribution in [0, 0.1) is 19.3 Å². The second-order valence-electron chi connectivity index (χ2n) is 3.39. The number of ether oxygens (including phenoxy) is 1. The molecule has 0 aliphatic carbocycles. The van der Waals surface area contributed by atoms with Crippen LogP contribution in [0.4, 0.5) is 0 Å². The van der Waals surface area contributed by atoms with Crippen LogP contribution in [0.5, 0.6) is 5.75 Å². The number of hydrogen-bond acceptors (Lipinski definition) is 2. The van der Waals surface area contributed by atoms with Gasteiger partial charge in [-0.05, 0) is 30.5 Å². The molecule has 15 heavy (non-hydrogen) atoms. The lowest BCUT2D eigenvalue weighted by molar-refractivity contribution is -0.131. The minimum atomic E-state index is -0.343. The highest BCUT2D eigenvalue weighted by atomic mass is 16.5. The van der Waals surface area contributed by atoms with Crippen molar-refractivity contribution in [3.8, 4) is 18.1 Å². The maximum atomic E-state index is 10.9. The molecule has 1 aromatic rings. The number of carbonyl (C=O) groups excluding carboxylic acids is 1. The molecule has 2 heteroatoms. The molecule has 0 atom stereocenters. The van der Waals surface area contributed by atoms with E-state index < -0.39 is 0 Å². The van der Waals surface area contributed by atoms with E-state index >= 15 is 0 Å². The molecule has 0 heterocycles. The maximum Gasteiger partial charge on any atom is 0.308 e. The summed E-state index contributed by atoms with van der Waals surface area (Å²) in [5, 5.41) is 0. The Bertz CT molecular complexity index is 425. The zero-order valence-corrected chi connectivity index (χ0v) is 9.26. The minimum absolute atomic E-state index is 0.343. The van der Waals surface area contributed by atoms with E-state index in [1.165, 1.54) is 6.92 Å². The first-order valence-electron chi connectivity index (χ1n) is 4.87. The summed E-state index contributed by atoms with van der Waals surface area (Å²) in [6.45, 7) is 5.35. The van der Waals surface area contributed by atoms with Crippen molar-refractivity contribution in [2.24, 2.45) is 0 Å². The van der Waals surface area contributed by atoms with Crippen LogP contribution >= 0.6 is 0 Å². The molecule has 0 fully saturated rings. The molecule has 0 radical (unpaired) electrons. The largest absolute Gasteiger partial charge is 0.425 e. The topological polar surface area (TPSA) is 26.3 Å². The highest BCUT2D eigenvalue weighted by molar-refractivity contribution is 5.71. The standard InChI is InChI=1S/C13H14O2/c1-5-11-7-9(3)8-12(6-2)13(11)15-10(4)14/h1,7-8H,6H2,2-4H3. The predicted octanol–water partition coefficient (Wildman–Crippen LogP) is 2.46. The third kappa shape index (κ3) is 2.60. The Kier molecular flexibility index (Phi) is 3.51. The van der Waals surface area contributed by atoms with Crippen LogP contribution < -0.4 is 4.74 Å². The summed E-state index contributed by atoms with van der Waals surface area (Å²) in [6.07, 6.45) is 6.17. The average molecular weight is 202 g/mol. The van der Waals surface area contributed by atoms with Gasteiger partial charge in [-0.15, -0.1) is 6.42 Å². The quantitative estimate of drug-likeness (QED) is 0.418. The van der Waals surface area contributed by atoms with Gasteiger partial charge < -0.3 is 4.74 Å². The van der Waals surface area contributed by atoms with Crippen LogP contribution in [0.3, 0.4) is 0 Å².